The molecule has 0 atom stereocenters. The smallest absolute Gasteiger partial charge is 0.149 e. The Labute approximate surface area is 90.1 Å². The van der Waals surface area contributed by atoms with Crippen LogP contribution in [0.3, 0.4) is 0 Å². The third-order valence-electron chi connectivity index (χ3n) is 1.61. The molecule has 2 heterocycles. The molecular weight excluding hydrogens is 216 g/mol. The van der Waals surface area contributed by atoms with E-state index in [4.69, 9.17) is 5.73 Å². The van der Waals surface area contributed by atoms with Gasteiger partial charge in [0.15, 0.2) is 0 Å². The van der Waals surface area contributed by atoms with Crippen molar-refractivity contribution in [2.24, 2.45) is 0 Å². The molecule has 0 aliphatic heterocycles. The van der Waals surface area contributed by atoms with E-state index in [9.17, 15) is 0 Å². The SMILES string of the molecule is Nc1cnn(CCSc2nccs2)c1. The molecule has 2 N–H and O–H groups in total. The zero-order valence-corrected chi connectivity index (χ0v) is 9.09. The van der Waals surface area contributed by atoms with Crippen molar-refractivity contribution < 1.29 is 0 Å². The molecule has 2 aromatic heterocycles. The van der Waals surface area contributed by atoms with Crippen LogP contribution >= 0.6 is 23.1 Å². The quantitative estimate of drug-likeness (QED) is 0.806. The first-order chi connectivity index (χ1) is 6.84. The van der Waals surface area contributed by atoms with Gasteiger partial charge in [-0.25, -0.2) is 4.98 Å². The van der Waals surface area contributed by atoms with Crippen LogP contribution in [0.15, 0.2) is 28.3 Å². The predicted molar refractivity (Wildman–Crippen MR) is 59.5 cm³/mol. The van der Waals surface area contributed by atoms with Crippen LogP contribution in [0.4, 0.5) is 5.69 Å². The molecule has 0 aliphatic rings. The Morgan fingerprint density at radius 3 is 3.14 bits per heavy atom. The van der Waals surface area contributed by atoms with Gasteiger partial charge >= 0.3 is 0 Å². The molecule has 0 saturated carbocycles. The van der Waals surface area contributed by atoms with Gasteiger partial charge in [0, 0.05) is 23.5 Å². The fraction of sp³-hybridized carbons (Fsp3) is 0.250. The Kier molecular flexibility index (Phi) is 3.05. The molecule has 0 radical (unpaired) electrons. The van der Waals surface area contributed by atoms with Crippen LogP contribution in [0.1, 0.15) is 0 Å². The maximum atomic E-state index is 5.54. The predicted octanol–water partition coefficient (Wildman–Crippen LogP) is 1.71. The van der Waals surface area contributed by atoms with E-state index in [1.54, 1.807) is 29.3 Å². The number of nitrogens with zero attached hydrogens (tertiary/aromatic N) is 3. The number of thiazole rings is 1. The van der Waals surface area contributed by atoms with Crippen LogP contribution in [-0.2, 0) is 6.54 Å². The van der Waals surface area contributed by atoms with E-state index in [-0.39, 0.29) is 0 Å². The van der Waals surface area contributed by atoms with Gasteiger partial charge in [-0.2, -0.15) is 5.10 Å². The van der Waals surface area contributed by atoms with Gasteiger partial charge in [-0.15, -0.1) is 11.3 Å². The molecular formula is C8H10N4S2. The van der Waals surface area contributed by atoms with E-state index in [2.05, 4.69) is 10.1 Å². The van der Waals surface area contributed by atoms with Crippen LogP contribution < -0.4 is 5.73 Å². The van der Waals surface area contributed by atoms with Gasteiger partial charge in [0.05, 0.1) is 18.4 Å². The molecule has 0 aliphatic carbocycles. The van der Waals surface area contributed by atoms with E-state index >= 15 is 0 Å². The summed E-state index contributed by atoms with van der Waals surface area (Å²) in [5.74, 6) is 0.967. The minimum atomic E-state index is 0.712. The Bertz CT molecular complexity index is 382. The summed E-state index contributed by atoms with van der Waals surface area (Å²) in [4.78, 5) is 4.18. The van der Waals surface area contributed by atoms with Crippen molar-refractivity contribution in [1.29, 1.82) is 0 Å². The molecule has 0 saturated heterocycles. The fourth-order valence-electron chi connectivity index (χ4n) is 1.01. The number of nitrogens with two attached hydrogens (primary N) is 1. The normalized spacial score (nSPS) is 10.6. The number of hydrogen-bond acceptors (Lipinski definition) is 5. The van der Waals surface area contributed by atoms with Crippen LogP contribution in [0.25, 0.3) is 0 Å². The van der Waals surface area contributed by atoms with Crippen LogP contribution in [0.2, 0.25) is 0 Å². The summed E-state index contributed by atoms with van der Waals surface area (Å²) in [5, 5.41) is 6.08. The molecule has 2 aromatic rings. The van der Waals surface area contributed by atoms with Gasteiger partial charge in [0.2, 0.25) is 0 Å². The molecule has 0 unspecified atom stereocenters. The Morgan fingerprint density at radius 1 is 1.57 bits per heavy atom. The van der Waals surface area contributed by atoms with Gasteiger partial charge in [-0.05, 0) is 0 Å². The average Bonchev–Trinajstić information content (AvgIpc) is 2.77. The van der Waals surface area contributed by atoms with E-state index in [0.717, 1.165) is 16.6 Å². The topological polar surface area (TPSA) is 56.7 Å². The number of nitrogen functional groups attached to an aromatic ring is 1. The first kappa shape index (κ1) is 9.54. The molecule has 0 aromatic carbocycles. The van der Waals surface area contributed by atoms with Crippen LogP contribution in [0, 0.1) is 0 Å². The Balaban J connectivity index is 1.78. The highest BCUT2D eigenvalue weighted by atomic mass is 32.2. The second-order valence-electron chi connectivity index (χ2n) is 2.68. The zero-order chi connectivity index (χ0) is 9.80. The molecule has 4 nitrogen and oxygen atoms in total. The molecule has 14 heavy (non-hydrogen) atoms. The number of rotatable bonds is 4. The van der Waals surface area contributed by atoms with Gasteiger partial charge in [0.1, 0.15) is 4.34 Å². The molecule has 2 rings (SSSR count). The highest BCUT2D eigenvalue weighted by Gasteiger charge is 1.97. The monoisotopic (exact) mass is 226 g/mol. The van der Waals surface area contributed by atoms with Gasteiger partial charge in [0.25, 0.3) is 0 Å². The lowest BCUT2D eigenvalue weighted by atomic mass is 10.6. The van der Waals surface area contributed by atoms with Crippen molar-refractivity contribution in [2.75, 3.05) is 11.5 Å². The number of hydrogen-bond donors (Lipinski definition) is 1. The number of aromatic nitrogens is 3. The van der Waals surface area contributed by atoms with Crippen molar-refractivity contribution >= 4 is 28.8 Å². The van der Waals surface area contributed by atoms with Gasteiger partial charge < -0.3 is 5.73 Å². The lowest BCUT2D eigenvalue weighted by Gasteiger charge is -1.98. The molecule has 6 heteroatoms. The van der Waals surface area contributed by atoms with Crippen LogP contribution in [-0.4, -0.2) is 20.5 Å². The highest BCUT2D eigenvalue weighted by molar-refractivity contribution is 8.00. The number of thioether (sulfide) groups is 1. The maximum absolute atomic E-state index is 5.54. The molecule has 0 amide bonds. The third kappa shape index (κ3) is 2.49. The van der Waals surface area contributed by atoms with Crippen molar-refractivity contribution in [2.45, 2.75) is 10.9 Å². The highest BCUT2D eigenvalue weighted by Crippen LogP contribution is 2.19. The largest absolute Gasteiger partial charge is 0.396 e. The Hall–Kier alpha value is -1.01. The first-order valence-electron chi connectivity index (χ1n) is 4.15. The van der Waals surface area contributed by atoms with Crippen molar-refractivity contribution in [1.82, 2.24) is 14.8 Å². The van der Waals surface area contributed by atoms with Crippen molar-refractivity contribution in [3.8, 4) is 0 Å². The summed E-state index contributed by atoms with van der Waals surface area (Å²) in [6.07, 6.45) is 5.31. The van der Waals surface area contributed by atoms with E-state index < -0.39 is 0 Å². The maximum Gasteiger partial charge on any atom is 0.149 e. The zero-order valence-electron chi connectivity index (χ0n) is 7.46. The summed E-state index contributed by atoms with van der Waals surface area (Å²) >= 11 is 3.40. The minimum Gasteiger partial charge on any atom is -0.396 e. The van der Waals surface area contributed by atoms with E-state index in [0.29, 0.717) is 5.69 Å². The molecule has 0 fully saturated rings. The van der Waals surface area contributed by atoms with E-state index in [1.807, 2.05) is 22.5 Å². The minimum absolute atomic E-state index is 0.712. The molecule has 0 spiro atoms. The lowest BCUT2D eigenvalue weighted by molar-refractivity contribution is 0.666. The molecule has 0 bridgehead atoms. The Morgan fingerprint density at radius 2 is 2.50 bits per heavy atom. The van der Waals surface area contributed by atoms with Gasteiger partial charge in [-0.3, -0.25) is 4.68 Å². The number of aryl methyl sites for hydroxylation is 1. The average molecular weight is 226 g/mol. The third-order valence-corrected chi connectivity index (χ3v) is 3.55. The summed E-state index contributed by atoms with van der Waals surface area (Å²) < 4.78 is 2.95. The molecule has 74 valence electrons. The fourth-order valence-corrected chi connectivity index (χ4v) is 2.65. The summed E-state index contributed by atoms with van der Waals surface area (Å²) in [6.45, 7) is 0.863. The summed E-state index contributed by atoms with van der Waals surface area (Å²) in [6, 6.07) is 0. The summed E-state index contributed by atoms with van der Waals surface area (Å²) in [5.41, 5.74) is 6.26. The van der Waals surface area contributed by atoms with E-state index in [1.165, 1.54) is 0 Å². The van der Waals surface area contributed by atoms with Crippen molar-refractivity contribution in [3.05, 3.63) is 24.0 Å². The standard InChI is InChI=1S/C8H10N4S2/c9-7-5-11-12(6-7)2-4-14-8-10-1-3-13-8/h1,3,5-6H,2,4,9H2. The lowest BCUT2D eigenvalue weighted by Crippen LogP contribution is -2.00. The summed E-state index contributed by atoms with van der Waals surface area (Å²) in [7, 11) is 0. The number of anilines is 1. The second-order valence-corrected chi connectivity index (χ2v) is 4.92. The van der Waals surface area contributed by atoms with Crippen molar-refractivity contribution in [3.63, 3.8) is 0 Å². The van der Waals surface area contributed by atoms with Crippen LogP contribution in [0.5, 0.6) is 0 Å². The second kappa shape index (κ2) is 4.47. The van der Waals surface area contributed by atoms with Gasteiger partial charge in [-0.1, -0.05) is 11.8 Å². The first-order valence-corrected chi connectivity index (χ1v) is 6.01.